The van der Waals surface area contributed by atoms with Crippen LogP contribution in [0, 0.1) is 0 Å². The molecule has 0 aromatic rings. The molecule has 244 valence electrons. The molecule has 0 aliphatic rings. The molecule has 0 spiro atoms. The van der Waals surface area contributed by atoms with Crippen LogP contribution < -0.4 is 11.5 Å². The molecule has 41 heavy (non-hydrogen) atoms. The first-order valence-electron chi connectivity index (χ1n) is 18.1. The third-order valence-electron chi connectivity index (χ3n) is 7.60. The van der Waals surface area contributed by atoms with E-state index in [4.69, 9.17) is 9.53 Å². The summed E-state index contributed by atoms with van der Waals surface area (Å²) in [5.74, 6) is 0. The van der Waals surface area contributed by atoms with Gasteiger partial charge in [0.05, 0.1) is 0 Å². The largest absolute Gasteiger partial charge is 0.381 e. The minimum absolute atomic E-state index is 0.833. The third-order valence-corrected chi connectivity index (χ3v) is 7.60. The topological polar surface area (TPSA) is 78.3 Å². The Morgan fingerprint density at radius 2 is 0.634 bits per heavy atom. The molecule has 0 bridgehead atoms. The minimum atomic E-state index is -0.833. The smallest absolute Gasteiger partial charge is 0.309 e. The first-order valence-corrected chi connectivity index (χ1v) is 18.1. The summed E-state index contributed by atoms with van der Waals surface area (Å²) in [4.78, 5) is 9.00. The fourth-order valence-electron chi connectivity index (χ4n) is 5.01. The van der Waals surface area contributed by atoms with E-state index < -0.39 is 6.03 Å². The standard InChI is InChI=1S/C36H70O.CH4N2O/c1-3-5-7-9-11-13-15-17-19-21-23-25-27-29-31-33-35-37-36-34-32-30-28-26-24-22-20-18-16-14-12-10-8-6-4-2;2-1(3)4/h17-20H,3-16,21-36H2,1-2H3;(H4,2,3,4). The van der Waals surface area contributed by atoms with Crippen LogP contribution in [0.5, 0.6) is 0 Å². The summed E-state index contributed by atoms with van der Waals surface area (Å²) < 4.78 is 5.85. The molecule has 4 heteroatoms. The summed E-state index contributed by atoms with van der Waals surface area (Å²) in [6.07, 6.45) is 48.1. The highest BCUT2D eigenvalue weighted by Gasteiger charge is 1.95. The van der Waals surface area contributed by atoms with Crippen LogP contribution in [0.3, 0.4) is 0 Å². The maximum Gasteiger partial charge on any atom is 0.309 e. The summed E-state index contributed by atoms with van der Waals surface area (Å²) in [6.45, 7) is 6.54. The predicted molar refractivity (Wildman–Crippen MR) is 183 cm³/mol. The zero-order valence-corrected chi connectivity index (χ0v) is 28.0. The maximum atomic E-state index is 9.00. The van der Waals surface area contributed by atoms with Crippen molar-refractivity contribution in [3.63, 3.8) is 0 Å². The van der Waals surface area contributed by atoms with Crippen LogP contribution in [0.2, 0.25) is 0 Å². The molecule has 0 aliphatic heterocycles. The van der Waals surface area contributed by atoms with E-state index in [1.165, 1.54) is 180 Å². The monoisotopic (exact) mass is 579 g/mol. The number of hydrogen-bond acceptors (Lipinski definition) is 2. The number of allylic oxidation sites excluding steroid dienone is 4. The molecule has 0 rings (SSSR count). The van der Waals surface area contributed by atoms with Crippen LogP contribution in [0.4, 0.5) is 4.79 Å². The SMILES string of the molecule is CCCCCCCCC=CCCCCCCCCOCCCCCCCCC=CCCCCCCCC.NC(N)=O. The summed E-state index contributed by atoms with van der Waals surface area (Å²) in [6, 6.07) is -0.833. The lowest BCUT2D eigenvalue weighted by molar-refractivity contribution is 0.125. The van der Waals surface area contributed by atoms with E-state index in [1.807, 2.05) is 0 Å². The number of ether oxygens (including phenoxy) is 1. The molecule has 0 atom stereocenters. The number of unbranched alkanes of at least 4 members (excludes halogenated alkanes) is 24. The van der Waals surface area contributed by atoms with Crippen molar-refractivity contribution in [3.05, 3.63) is 24.3 Å². The Bertz CT molecular complexity index is 489. The molecule has 0 aromatic carbocycles. The Morgan fingerprint density at radius 1 is 0.415 bits per heavy atom. The second kappa shape index (κ2) is 40.8. The Morgan fingerprint density at radius 3 is 0.902 bits per heavy atom. The Kier molecular flexibility index (Phi) is 41.7. The van der Waals surface area contributed by atoms with Crippen LogP contribution in [0.15, 0.2) is 24.3 Å². The highest BCUT2D eigenvalue weighted by Crippen LogP contribution is 2.12. The fourth-order valence-corrected chi connectivity index (χ4v) is 5.01. The molecule has 0 fully saturated rings. The number of urea groups is 1. The number of carbonyl (C=O) groups excluding carboxylic acids is 1. The molecule has 0 radical (unpaired) electrons. The van der Waals surface area contributed by atoms with Gasteiger partial charge in [-0.05, 0) is 64.2 Å². The minimum Gasteiger partial charge on any atom is -0.381 e. The van der Waals surface area contributed by atoms with Crippen LogP contribution in [-0.4, -0.2) is 19.2 Å². The van der Waals surface area contributed by atoms with Gasteiger partial charge in [-0.3, -0.25) is 0 Å². The molecule has 0 unspecified atom stereocenters. The number of nitrogens with two attached hydrogens (primary N) is 2. The van der Waals surface area contributed by atoms with E-state index >= 15 is 0 Å². The normalized spacial score (nSPS) is 11.4. The number of amides is 2. The van der Waals surface area contributed by atoms with Gasteiger partial charge in [0.25, 0.3) is 0 Å². The Hall–Kier alpha value is -1.29. The molecule has 0 aliphatic carbocycles. The van der Waals surface area contributed by atoms with Gasteiger partial charge in [-0.2, -0.15) is 0 Å². The van der Waals surface area contributed by atoms with Crippen molar-refractivity contribution >= 4 is 6.03 Å². The summed E-state index contributed by atoms with van der Waals surface area (Å²) in [5.41, 5.74) is 8.50. The maximum absolute atomic E-state index is 9.00. The Labute approximate surface area is 257 Å². The van der Waals surface area contributed by atoms with Gasteiger partial charge in [0.15, 0.2) is 0 Å². The van der Waals surface area contributed by atoms with Crippen molar-refractivity contribution in [1.29, 1.82) is 0 Å². The molecule has 4 nitrogen and oxygen atoms in total. The molecule has 0 aromatic heterocycles. The summed E-state index contributed by atoms with van der Waals surface area (Å²) in [7, 11) is 0. The second-order valence-corrected chi connectivity index (χ2v) is 11.9. The third kappa shape index (κ3) is 48.8. The highest BCUT2D eigenvalue weighted by atomic mass is 16.5. The van der Waals surface area contributed by atoms with Gasteiger partial charge in [-0.1, -0.05) is 154 Å². The second-order valence-electron chi connectivity index (χ2n) is 11.9. The van der Waals surface area contributed by atoms with Crippen LogP contribution in [0.25, 0.3) is 0 Å². The average Bonchev–Trinajstić information content (AvgIpc) is 2.95. The highest BCUT2D eigenvalue weighted by molar-refractivity contribution is 5.69. The molecular formula is C37H74N2O2. The van der Waals surface area contributed by atoms with Crippen molar-refractivity contribution < 1.29 is 9.53 Å². The lowest BCUT2D eigenvalue weighted by Crippen LogP contribution is -2.18. The van der Waals surface area contributed by atoms with Gasteiger partial charge in [0.1, 0.15) is 0 Å². The predicted octanol–water partition coefficient (Wildman–Crippen LogP) is 12.1. The summed E-state index contributed by atoms with van der Waals surface area (Å²) in [5, 5.41) is 0. The van der Waals surface area contributed by atoms with Crippen LogP contribution in [0.1, 0.15) is 194 Å². The molecule has 2 amide bonds. The van der Waals surface area contributed by atoms with Crippen LogP contribution in [-0.2, 0) is 4.74 Å². The zero-order valence-electron chi connectivity index (χ0n) is 28.0. The lowest BCUT2D eigenvalue weighted by atomic mass is 10.1. The lowest BCUT2D eigenvalue weighted by Gasteiger charge is -2.05. The molecule has 0 saturated carbocycles. The van der Waals surface area contributed by atoms with Gasteiger partial charge in [0, 0.05) is 13.2 Å². The van der Waals surface area contributed by atoms with Crippen LogP contribution >= 0.6 is 0 Å². The van der Waals surface area contributed by atoms with Crippen molar-refractivity contribution in [1.82, 2.24) is 0 Å². The molecule has 4 N–H and O–H groups in total. The van der Waals surface area contributed by atoms with E-state index in [1.54, 1.807) is 0 Å². The van der Waals surface area contributed by atoms with Crippen molar-refractivity contribution in [2.24, 2.45) is 11.5 Å². The van der Waals surface area contributed by atoms with E-state index in [0.29, 0.717) is 0 Å². The van der Waals surface area contributed by atoms with Crippen molar-refractivity contribution in [2.75, 3.05) is 13.2 Å². The van der Waals surface area contributed by atoms with Gasteiger partial charge < -0.3 is 16.2 Å². The Balaban J connectivity index is 0. The quantitative estimate of drug-likeness (QED) is 0.0615. The number of hydrogen-bond donors (Lipinski definition) is 2. The number of carbonyl (C=O) groups is 1. The van der Waals surface area contributed by atoms with E-state index in [2.05, 4.69) is 49.6 Å². The van der Waals surface area contributed by atoms with E-state index in [0.717, 1.165) is 13.2 Å². The molecular weight excluding hydrogens is 504 g/mol. The number of primary amides is 2. The fraction of sp³-hybridized carbons (Fsp3) is 0.865. The van der Waals surface area contributed by atoms with Gasteiger partial charge in [-0.15, -0.1) is 0 Å². The zero-order chi connectivity index (χ0) is 30.3. The van der Waals surface area contributed by atoms with Gasteiger partial charge >= 0.3 is 6.03 Å². The van der Waals surface area contributed by atoms with Gasteiger partial charge in [-0.25, -0.2) is 4.79 Å². The average molecular weight is 579 g/mol. The summed E-state index contributed by atoms with van der Waals surface area (Å²) >= 11 is 0. The van der Waals surface area contributed by atoms with Gasteiger partial charge in [0.2, 0.25) is 0 Å². The van der Waals surface area contributed by atoms with Crippen molar-refractivity contribution in [3.8, 4) is 0 Å². The van der Waals surface area contributed by atoms with Crippen molar-refractivity contribution in [2.45, 2.75) is 194 Å². The first-order chi connectivity index (χ1) is 20.1. The van der Waals surface area contributed by atoms with E-state index in [9.17, 15) is 0 Å². The number of rotatable bonds is 32. The van der Waals surface area contributed by atoms with E-state index in [-0.39, 0.29) is 0 Å². The first kappa shape index (κ1) is 41.8. The molecule has 0 saturated heterocycles. The molecule has 0 heterocycles.